The molecule has 0 aliphatic carbocycles. The fourth-order valence-corrected chi connectivity index (χ4v) is 10.9. The number of nitrogens with two attached hydrogens (primary N) is 3. The van der Waals surface area contributed by atoms with Crippen LogP contribution in [0.5, 0.6) is 40.2 Å². The molecule has 2 fully saturated rings. The number of carbonyl (C=O) groups is 2. The van der Waals surface area contributed by atoms with E-state index in [9.17, 15) is 24.5 Å². The lowest BCUT2D eigenvalue weighted by molar-refractivity contribution is -0.386. The lowest BCUT2D eigenvalue weighted by Crippen LogP contribution is -2.48. The highest BCUT2D eigenvalue weighted by Crippen LogP contribution is 2.38. The summed E-state index contributed by atoms with van der Waals surface area (Å²) in [4.78, 5) is 64.4. The molecule has 7 N–H and O–H groups in total. The van der Waals surface area contributed by atoms with Crippen LogP contribution in [-0.2, 0) is 19.8 Å². The van der Waals surface area contributed by atoms with Crippen LogP contribution in [-0.4, -0.2) is 129 Å². The number of piperazine rings is 2. The topological polar surface area (TPSA) is 279 Å². The van der Waals surface area contributed by atoms with Crippen LogP contribution in [0.2, 0.25) is 0 Å². The van der Waals surface area contributed by atoms with Gasteiger partial charge >= 0.3 is 5.69 Å². The van der Waals surface area contributed by atoms with E-state index in [4.69, 9.17) is 55.3 Å². The number of aromatic nitrogens is 2. The van der Waals surface area contributed by atoms with Gasteiger partial charge in [0.15, 0.2) is 11.3 Å². The molecule has 2 aliphatic rings. The standard InChI is InChI=1S/C29H32N4O3.C15H14N2O5.C15H16N2O3.C14H22N2O/c1-20(2)32-14-16-33(17-15-32)23-11-7-10-22(18-23)28-30-27-25(36-19-21-8-5-4-6-9-21)13-12-24(35-3)26(27)29(34)31-28;1-21-11-7-8-12(14(17(19)20)13(11)15(16)18)22-9-10-5-3-2-4-6-10;1-19-11-7-8-12(14(16)13(11)15(17)18)20-9-10-5-3-2-4-6-10;1-12(2)15-7-9-16(10-8-15)13-5-4-6-14(11-13)17-3/h4-13,18,20H,14-17,19H2,1-3H3,(H,30,31,34);2-8H,9H2,1H3,(H2,16,18);2-8H,9,16H2,1H3,(H2,17,18);4-6,11-12H,7-10H2,1-3H3. The maximum atomic E-state index is 13.2. The predicted octanol–water partition coefficient (Wildman–Crippen LogP) is 11.2. The number of nitrogens with zero attached hydrogens (tertiary/aromatic N) is 6. The van der Waals surface area contributed by atoms with Gasteiger partial charge in [0, 0.05) is 87.4 Å². The first-order chi connectivity index (χ1) is 45.9. The van der Waals surface area contributed by atoms with Crippen molar-refractivity contribution in [1.29, 1.82) is 0 Å². The minimum Gasteiger partial charge on any atom is -0.497 e. The molecule has 11 rings (SSSR count). The Hall–Kier alpha value is -10.8. The molecule has 2 saturated heterocycles. The maximum Gasteiger partial charge on any atom is 0.327 e. The van der Waals surface area contributed by atoms with E-state index in [1.807, 2.05) is 115 Å². The van der Waals surface area contributed by atoms with Crippen LogP contribution >= 0.6 is 0 Å². The van der Waals surface area contributed by atoms with Crippen molar-refractivity contribution in [3.63, 3.8) is 0 Å². The van der Waals surface area contributed by atoms with E-state index in [1.165, 1.54) is 32.0 Å². The van der Waals surface area contributed by atoms with Crippen molar-refractivity contribution in [3.05, 3.63) is 224 Å². The highest BCUT2D eigenvalue weighted by atomic mass is 16.6. The molecule has 498 valence electrons. The summed E-state index contributed by atoms with van der Waals surface area (Å²) in [5.41, 5.74) is 22.3. The summed E-state index contributed by atoms with van der Waals surface area (Å²) < 4.78 is 38.0. The summed E-state index contributed by atoms with van der Waals surface area (Å²) in [5.74, 6) is 1.59. The molecule has 22 heteroatoms. The van der Waals surface area contributed by atoms with Crippen molar-refractivity contribution < 1.29 is 47.7 Å². The highest BCUT2D eigenvalue weighted by molar-refractivity contribution is 6.02. The molecule has 0 atom stereocenters. The van der Waals surface area contributed by atoms with Gasteiger partial charge in [-0.25, -0.2) is 4.98 Å². The molecule has 22 nitrogen and oxygen atoms in total. The molecule has 0 unspecified atom stereocenters. The molecule has 0 saturated carbocycles. The van der Waals surface area contributed by atoms with E-state index in [1.54, 1.807) is 32.4 Å². The van der Waals surface area contributed by atoms with E-state index < -0.39 is 22.4 Å². The molecule has 1 aromatic heterocycles. The molecule has 8 aromatic carbocycles. The van der Waals surface area contributed by atoms with Crippen molar-refractivity contribution in [3.8, 4) is 51.6 Å². The summed E-state index contributed by atoms with van der Waals surface area (Å²) in [6, 6.07) is 56.1. The van der Waals surface area contributed by atoms with Crippen molar-refractivity contribution in [1.82, 2.24) is 19.8 Å². The first-order valence-electron chi connectivity index (χ1n) is 31.2. The van der Waals surface area contributed by atoms with Gasteiger partial charge in [-0.1, -0.05) is 109 Å². The van der Waals surface area contributed by atoms with Crippen LogP contribution in [0.3, 0.4) is 0 Å². The van der Waals surface area contributed by atoms with Gasteiger partial charge in [-0.2, -0.15) is 0 Å². The third-order valence-electron chi connectivity index (χ3n) is 16.1. The monoisotopic (exact) mass is 1290 g/mol. The van der Waals surface area contributed by atoms with E-state index in [-0.39, 0.29) is 40.5 Å². The van der Waals surface area contributed by atoms with Gasteiger partial charge in [-0.05, 0) is 105 Å². The number of amides is 2. The molecule has 2 aliphatic heterocycles. The normalized spacial score (nSPS) is 13.0. The molecule has 0 radical (unpaired) electrons. The fraction of sp³-hybridized carbons (Fsp3) is 0.288. The van der Waals surface area contributed by atoms with Crippen molar-refractivity contribution in [2.75, 3.05) is 96.3 Å². The van der Waals surface area contributed by atoms with Crippen LogP contribution in [0, 0.1) is 10.1 Å². The van der Waals surface area contributed by atoms with Crippen LogP contribution in [0.4, 0.5) is 22.7 Å². The summed E-state index contributed by atoms with van der Waals surface area (Å²) in [7, 11) is 6.02. The highest BCUT2D eigenvalue weighted by Gasteiger charge is 2.30. The van der Waals surface area contributed by atoms with Crippen LogP contribution in [0.1, 0.15) is 65.1 Å². The van der Waals surface area contributed by atoms with Gasteiger partial charge in [0.1, 0.15) is 76.6 Å². The molecule has 9 aromatic rings. The third-order valence-corrected chi connectivity index (χ3v) is 16.1. The Morgan fingerprint density at radius 3 is 1.40 bits per heavy atom. The number of nitrogen functional groups attached to an aromatic ring is 1. The maximum absolute atomic E-state index is 13.2. The smallest absolute Gasteiger partial charge is 0.327 e. The summed E-state index contributed by atoms with van der Waals surface area (Å²) in [6.45, 7) is 18.4. The molecular formula is C73H84N10O12. The van der Waals surface area contributed by atoms with E-state index in [0.29, 0.717) is 65.0 Å². The number of fused-ring (bicyclic) bond motifs is 1. The summed E-state index contributed by atoms with van der Waals surface area (Å²) >= 11 is 0. The number of carbonyl (C=O) groups excluding carboxylic acids is 2. The molecule has 95 heavy (non-hydrogen) atoms. The number of primary amides is 2. The van der Waals surface area contributed by atoms with Crippen molar-refractivity contribution in [2.45, 2.75) is 59.6 Å². The largest absolute Gasteiger partial charge is 0.497 e. The predicted molar refractivity (Wildman–Crippen MR) is 372 cm³/mol. The first-order valence-corrected chi connectivity index (χ1v) is 31.2. The number of H-pyrrole nitrogens is 1. The molecule has 0 spiro atoms. The Bertz CT molecular complexity index is 4050. The minimum atomic E-state index is -0.950. The van der Waals surface area contributed by atoms with Gasteiger partial charge in [0.2, 0.25) is 0 Å². The zero-order valence-corrected chi connectivity index (χ0v) is 55.0. The number of nitro benzene ring substituents is 1. The average Bonchev–Trinajstić information content (AvgIpc) is 0.786. The molecular weight excluding hydrogens is 1210 g/mol. The number of methoxy groups -OCH3 is 4. The van der Waals surface area contributed by atoms with Gasteiger partial charge in [-0.3, -0.25) is 34.3 Å². The summed E-state index contributed by atoms with van der Waals surface area (Å²) in [5, 5.41) is 11.7. The second-order valence-electron chi connectivity index (χ2n) is 22.7. The Morgan fingerprint density at radius 2 is 0.937 bits per heavy atom. The zero-order valence-electron chi connectivity index (χ0n) is 55.0. The second kappa shape index (κ2) is 34.2. The molecule has 0 bridgehead atoms. The number of nitrogens with one attached hydrogen (secondary N) is 1. The molecule has 3 heterocycles. The Kier molecular flexibility index (Phi) is 25.2. The number of benzene rings is 8. The van der Waals surface area contributed by atoms with Gasteiger partial charge < -0.3 is 65.1 Å². The van der Waals surface area contributed by atoms with Crippen LogP contribution in [0.15, 0.2) is 181 Å². The van der Waals surface area contributed by atoms with Crippen molar-refractivity contribution >= 4 is 45.5 Å². The quantitative estimate of drug-likeness (QED) is 0.0295. The summed E-state index contributed by atoms with van der Waals surface area (Å²) in [6.07, 6.45) is 0. The number of rotatable bonds is 21. The lowest BCUT2D eigenvalue weighted by atomic mass is 10.1. The van der Waals surface area contributed by atoms with Gasteiger partial charge in [0.05, 0.1) is 39.0 Å². The second-order valence-corrected chi connectivity index (χ2v) is 22.7. The van der Waals surface area contributed by atoms with Gasteiger partial charge in [-0.15, -0.1) is 0 Å². The Morgan fingerprint density at radius 1 is 0.516 bits per heavy atom. The number of hydrogen-bond donors (Lipinski definition) is 4. The van der Waals surface area contributed by atoms with E-state index in [2.05, 4.69) is 82.6 Å². The van der Waals surface area contributed by atoms with E-state index in [0.717, 1.165) is 86.0 Å². The SMILES string of the molecule is COc1ccc(OCc2ccccc2)c(N)c1C(N)=O.COc1ccc(OCc2ccccc2)c([N+](=O)[O-])c1C(N)=O.COc1ccc(OCc2ccccc2)c2nc(-c3cccc(N4CCN(C(C)C)CC4)c3)[nH]c(=O)c12.COc1cccc(N2CCN(C(C)C)CC2)c1. The number of anilines is 3. The minimum absolute atomic E-state index is 0.0336. The Labute approximate surface area is 553 Å². The van der Waals surface area contributed by atoms with Gasteiger partial charge in [0.25, 0.3) is 17.4 Å². The van der Waals surface area contributed by atoms with Crippen LogP contribution in [0.25, 0.3) is 22.3 Å². The zero-order chi connectivity index (χ0) is 68.0. The number of nitro groups is 1. The third kappa shape index (κ3) is 18.7. The number of aromatic amines is 1. The Balaban J connectivity index is 0.000000170. The lowest BCUT2D eigenvalue weighted by Gasteiger charge is -2.38. The van der Waals surface area contributed by atoms with Crippen LogP contribution < -0.4 is 65.7 Å². The molecule has 2 amide bonds. The number of hydrogen-bond acceptors (Lipinski definition) is 18. The average molecular weight is 1290 g/mol. The van der Waals surface area contributed by atoms with Crippen molar-refractivity contribution in [2.24, 2.45) is 11.5 Å². The first kappa shape index (κ1) is 70.0. The number of ether oxygens (including phenoxy) is 7. The van der Waals surface area contributed by atoms with E-state index >= 15 is 0 Å². The fourth-order valence-electron chi connectivity index (χ4n) is 10.9.